The molecule has 0 spiro atoms. The highest BCUT2D eigenvalue weighted by Crippen LogP contribution is 2.46. The summed E-state index contributed by atoms with van der Waals surface area (Å²) in [4.78, 5) is 15.6. The molecule has 2 atom stereocenters. The number of anilines is 1. The minimum Gasteiger partial charge on any atom is -0.331 e. The van der Waals surface area contributed by atoms with Gasteiger partial charge in [0, 0.05) is 30.7 Å². The Balaban J connectivity index is 1.32. The van der Waals surface area contributed by atoms with E-state index in [2.05, 4.69) is 9.62 Å². The summed E-state index contributed by atoms with van der Waals surface area (Å²) in [5.41, 5.74) is 2.50. The molecule has 35 heavy (non-hydrogen) atoms. The van der Waals surface area contributed by atoms with Gasteiger partial charge in [-0.15, -0.1) is 0 Å². The monoisotopic (exact) mass is 509 g/mol. The summed E-state index contributed by atoms with van der Waals surface area (Å²) < 4.78 is 65.2. The molecule has 2 aliphatic rings. The Labute approximate surface area is 204 Å². The molecule has 2 fully saturated rings. The smallest absolute Gasteiger partial charge is 0.331 e. The van der Waals surface area contributed by atoms with Crippen LogP contribution in [0, 0.1) is 5.92 Å². The summed E-state index contributed by atoms with van der Waals surface area (Å²) in [6, 6.07) is 16.2. The fourth-order valence-corrected chi connectivity index (χ4v) is 5.44. The van der Waals surface area contributed by atoms with Crippen LogP contribution in [0.15, 0.2) is 54.6 Å². The van der Waals surface area contributed by atoms with Gasteiger partial charge in [0.25, 0.3) is 0 Å². The maximum Gasteiger partial charge on any atom is 0.471 e. The lowest BCUT2D eigenvalue weighted by Crippen LogP contribution is -2.47. The molecule has 1 N–H and O–H groups in total. The lowest BCUT2D eigenvalue weighted by Gasteiger charge is -2.35. The molecule has 0 aromatic heterocycles. The van der Waals surface area contributed by atoms with Crippen molar-refractivity contribution in [3.63, 3.8) is 0 Å². The number of sulfonamides is 1. The molecule has 6 nitrogen and oxygen atoms in total. The molecular formula is C25H30F3N3O3S. The molecule has 10 heteroatoms. The van der Waals surface area contributed by atoms with Gasteiger partial charge in [0.1, 0.15) is 0 Å². The number of carbonyl (C=O) groups is 1. The first-order valence-electron chi connectivity index (χ1n) is 11.7. The Kier molecular flexibility index (Phi) is 7.42. The number of halogens is 3. The second-order valence-electron chi connectivity index (χ2n) is 9.57. The van der Waals surface area contributed by atoms with Crippen LogP contribution in [0.1, 0.15) is 36.3 Å². The van der Waals surface area contributed by atoms with Crippen molar-refractivity contribution in [3.8, 4) is 0 Å². The molecule has 0 radical (unpaired) electrons. The van der Waals surface area contributed by atoms with Crippen LogP contribution in [-0.2, 0) is 21.4 Å². The van der Waals surface area contributed by atoms with Crippen LogP contribution in [0.5, 0.6) is 0 Å². The Bertz CT molecular complexity index is 1120. The van der Waals surface area contributed by atoms with Crippen LogP contribution >= 0.6 is 0 Å². The molecule has 1 aliphatic carbocycles. The van der Waals surface area contributed by atoms with Gasteiger partial charge in [-0.25, -0.2) is 8.42 Å². The summed E-state index contributed by atoms with van der Waals surface area (Å²) in [6.07, 6.45) is -1.77. The first-order chi connectivity index (χ1) is 16.5. The maximum atomic E-state index is 13.4. The highest BCUT2D eigenvalue weighted by Gasteiger charge is 2.52. The number of benzene rings is 2. The number of likely N-dealkylation sites (tertiary alicyclic amines) is 1. The molecule has 0 bridgehead atoms. The number of hydrogen-bond donors (Lipinski definition) is 1. The van der Waals surface area contributed by atoms with Crippen molar-refractivity contribution >= 4 is 21.6 Å². The third kappa shape index (κ3) is 6.98. The number of nitrogens with one attached hydrogen (secondary N) is 1. The lowest BCUT2D eigenvalue weighted by atomic mass is 9.95. The zero-order valence-electron chi connectivity index (χ0n) is 19.5. The van der Waals surface area contributed by atoms with Gasteiger partial charge >= 0.3 is 12.1 Å². The summed E-state index contributed by atoms with van der Waals surface area (Å²) in [6.45, 7) is 2.27. The van der Waals surface area contributed by atoms with E-state index in [9.17, 15) is 26.4 Å². The van der Waals surface area contributed by atoms with E-state index in [1.165, 1.54) is 0 Å². The molecule has 1 aliphatic heterocycles. The highest BCUT2D eigenvalue weighted by molar-refractivity contribution is 7.92. The van der Waals surface area contributed by atoms with Crippen molar-refractivity contribution in [2.24, 2.45) is 5.92 Å². The van der Waals surface area contributed by atoms with E-state index in [0.29, 0.717) is 18.7 Å². The van der Waals surface area contributed by atoms with E-state index in [1.807, 2.05) is 42.5 Å². The minimum absolute atomic E-state index is 0.0240. The van der Waals surface area contributed by atoms with E-state index in [0.717, 1.165) is 48.2 Å². The van der Waals surface area contributed by atoms with Gasteiger partial charge < -0.3 is 4.90 Å². The van der Waals surface area contributed by atoms with Crippen molar-refractivity contribution in [3.05, 3.63) is 65.7 Å². The van der Waals surface area contributed by atoms with Crippen LogP contribution in [0.4, 0.5) is 18.9 Å². The Morgan fingerprint density at radius 3 is 2.26 bits per heavy atom. The Hall–Kier alpha value is -2.59. The molecule has 190 valence electrons. The highest BCUT2D eigenvalue weighted by atomic mass is 32.2. The van der Waals surface area contributed by atoms with E-state index >= 15 is 0 Å². The standard InChI is InChI=1S/C25H30F3N3O3S/c1-35(33,34)29-21-9-7-18(8-10-21)16-30-13-11-19(12-14-30)17-31(24(32)25(26,27)28)23-15-22(23)20-5-3-2-4-6-20/h2-10,19,22-23,29H,11-17H2,1H3/t22-,23+/m0/s1. The Morgan fingerprint density at radius 1 is 1.06 bits per heavy atom. The Morgan fingerprint density at radius 2 is 1.69 bits per heavy atom. The average molecular weight is 510 g/mol. The lowest BCUT2D eigenvalue weighted by molar-refractivity contribution is -0.187. The number of amides is 1. The second kappa shape index (κ2) is 10.2. The normalized spacial score (nSPS) is 21.5. The van der Waals surface area contributed by atoms with E-state index in [1.54, 1.807) is 12.1 Å². The molecule has 1 heterocycles. The summed E-state index contributed by atoms with van der Waals surface area (Å²) in [5.74, 6) is -1.75. The van der Waals surface area contributed by atoms with Crippen LogP contribution < -0.4 is 4.72 Å². The van der Waals surface area contributed by atoms with Crippen LogP contribution in [-0.4, -0.2) is 62.2 Å². The van der Waals surface area contributed by atoms with Gasteiger partial charge in [0.05, 0.1) is 6.26 Å². The van der Waals surface area contributed by atoms with Crippen LogP contribution in [0.25, 0.3) is 0 Å². The van der Waals surface area contributed by atoms with E-state index < -0.39 is 28.1 Å². The first-order valence-corrected chi connectivity index (χ1v) is 13.6. The van der Waals surface area contributed by atoms with Crippen molar-refractivity contribution in [2.45, 2.75) is 43.9 Å². The second-order valence-corrected chi connectivity index (χ2v) is 11.3. The fourth-order valence-electron chi connectivity index (χ4n) is 4.87. The molecule has 0 unspecified atom stereocenters. The summed E-state index contributed by atoms with van der Waals surface area (Å²) >= 11 is 0. The predicted molar refractivity (Wildman–Crippen MR) is 128 cm³/mol. The number of rotatable bonds is 8. The van der Waals surface area contributed by atoms with E-state index in [4.69, 9.17) is 0 Å². The number of nitrogens with zero attached hydrogens (tertiary/aromatic N) is 2. The van der Waals surface area contributed by atoms with Gasteiger partial charge in [0.15, 0.2) is 0 Å². The zero-order valence-corrected chi connectivity index (χ0v) is 20.4. The predicted octanol–water partition coefficient (Wildman–Crippen LogP) is 4.22. The number of hydrogen-bond acceptors (Lipinski definition) is 4. The number of piperidine rings is 1. The molecule has 1 amide bonds. The third-order valence-corrected chi connectivity index (χ3v) is 7.32. The van der Waals surface area contributed by atoms with Gasteiger partial charge in [0.2, 0.25) is 10.0 Å². The van der Waals surface area contributed by atoms with Gasteiger partial charge in [-0.1, -0.05) is 42.5 Å². The summed E-state index contributed by atoms with van der Waals surface area (Å²) in [7, 11) is -3.33. The summed E-state index contributed by atoms with van der Waals surface area (Å²) in [5, 5.41) is 0. The van der Waals surface area contributed by atoms with Crippen molar-refractivity contribution in [1.29, 1.82) is 0 Å². The van der Waals surface area contributed by atoms with Crippen molar-refractivity contribution in [2.75, 3.05) is 30.6 Å². The third-order valence-electron chi connectivity index (χ3n) is 6.71. The van der Waals surface area contributed by atoms with Crippen LogP contribution in [0.2, 0.25) is 0 Å². The van der Waals surface area contributed by atoms with Gasteiger partial charge in [-0.3, -0.25) is 14.4 Å². The number of carbonyl (C=O) groups excluding carboxylic acids is 1. The fraction of sp³-hybridized carbons (Fsp3) is 0.480. The number of alkyl halides is 3. The molecular weight excluding hydrogens is 479 g/mol. The topological polar surface area (TPSA) is 69.7 Å². The van der Waals surface area contributed by atoms with Crippen molar-refractivity contribution in [1.82, 2.24) is 9.80 Å². The van der Waals surface area contributed by atoms with E-state index in [-0.39, 0.29) is 18.4 Å². The minimum atomic E-state index is -4.87. The molecule has 4 rings (SSSR count). The quantitative estimate of drug-likeness (QED) is 0.579. The van der Waals surface area contributed by atoms with Crippen molar-refractivity contribution < 1.29 is 26.4 Å². The van der Waals surface area contributed by atoms with Gasteiger partial charge in [-0.2, -0.15) is 13.2 Å². The van der Waals surface area contributed by atoms with Gasteiger partial charge in [-0.05, 0) is 61.5 Å². The molecule has 1 saturated heterocycles. The molecule has 2 aromatic rings. The molecule has 1 saturated carbocycles. The largest absolute Gasteiger partial charge is 0.471 e. The first kappa shape index (κ1) is 25.5. The maximum absolute atomic E-state index is 13.4. The average Bonchev–Trinajstić information content (AvgIpc) is 3.59. The molecule has 2 aromatic carbocycles. The van der Waals surface area contributed by atoms with Crippen LogP contribution in [0.3, 0.4) is 0 Å². The SMILES string of the molecule is CS(=O)(=O)Nc1ccc(CN2CCC(CN(C(=O)C(F)(F)F)[C@@H]3C[C@H]3c3ccccc3)CC2)cc1. The zero-order chi connectivity index (χ0) is 25.2.